The van der Waals surface area contributed by atoms with Gasteiger partial charge in [0.05, 0.1) is 6.42 Å². The third-order valence-electron chi connectivity index (χ3n) is 0.653. The molecule has 0 saturated heterocycles. The van der Waals surface area contributed by atoms with Gasteiger partial charge < -0.3 is 27.6 Å². The van der Waals surface area contributed by atoms with Crippen molar-refractivity contribution in [2.24, 2.45) is 0 Å². The number of aliphatic hydroxyl groups excluding tert-OH is 1. The number of carbonyl (C=O) groups is 2. The van der Waals surface area contributed by atoms with E-state index < -0.39 is 24.5 Å². The minimum absolute atomic E-state index is 0. The fraction of sp³-hybridized carbons (Fsp3) is 0.500. The van der Waals surface area contributed by atoms with Crippen molar-refractivity contribution in [1.29, 1.82) is 0 Å². The predicted molar refractivity (Wildman–Crippen MR) is 35.9 cm³/mol. The van der Waals surface area contributed by atoms with Gasteiger partial charge in [-0.3, -0.25) is 4.79 Å². The zero-order valence-electron chi connectivity index (χ0n) is 5.86. The molecule has 0 aromatic heterocycles. The van der Waals surface area contributed by atoms with Gasteiger partial charge >= 0.3 is 11.9 Å². The van der Waals surface area contributed by atoms with Crippen LogP contribution in [0.1, 0.15) is 6.42 Å². The van der Waals surface area contributed by atoms with Crippen LogP contribution in [0.5, 0.6) is 0 Å². The molecule has 0 aromatic carbocycles. The van der Waals surface area contributed by atoms with Gasteiger partial charge in [0.15, 0.2) is 6.10 Å². The Balaban J connectivity index is -0.000000320. The number of aliphatic hydroxyl groups is 1. The van der Waals surface area contributed by atoms with Crippen LogP contribution in [0.4, 0.5) is 0 Å². The van der Waals surface area contributed by atoms with Gasteiger partial charge in [-0.05, 0) is 0 Å². The molecule has 0 amide bonds. The molecular weight excluding hydrogens is 156 g/mol. The topological polar surface area (TPSA) is 165 Å². The van der Waals surface area contributed by atoms with Crippen LogP contribution in [0, 0.1) is 0 Å². The Morgan fingerprint density at radius 2 is 1.55 bits per heavy atom. The molecule has 1 atom stereocenters. The molecule has 9 N–H and O–H groups in total. The normalized spacial score (nSPS) is 10.3. The van der Waals surface area contributed by atoms with E-state index >= 15 is 0 Å². The maximum Gasteiger partial charge on any atom is 0.333 e. The van der Waals surface area contributed by atoms with Crippen molar-refractivity contribution in [1.82, 2.24) is 12.3 Å². The first kappa shape index (κ1) is 16.4. The number of carboxylic acid groups (broad SMARTS) is 2. The van der Waals surface area contributed by atoms with Crippen LogP contribution >= 0.6 is 0 Å². The Hall–Kier alpha value is -1.18. The molecule has 7 heteroatoms. The highest BCUT2D eigenvalue weighted by Gasteiger charge is 2.16. The Bertz CT molecular complexity index is 136. The molecule has 0 aliphatic heterocycles. The van der Waals surface area contributed by atoms with Crippen LogP contribution in [-0.2, 0) is 9.59 Å². The molecule has 0 unspecified atom stereocenters. The standard InChI is InChI=1S/C4H6O5.2H3N/c5-2(4(8)9)1-3(6)7;;/h2,5H,1H2,(H,6,7)(H,8,9);2*1H3/t2-;;/m0../s1. The Labute approximate surface area is 62.8 Å². The quantitative estimate of drug-likeness (QED) is 0.369. The highest BCUT2D eigenvalue weighted by molar-refractivity contribution is 5.79. The summed E-state index contributed by atoms with van der Waals surface area (Å²) >= 11 is 0. The van der Waals surface area contributed by atoms with E-state index in [1.54, 1.807) is 0 Å². The zero-order chi connectivity index (χ0) is 7.44. The van der Waals surface area contributed by atoms with Crippen molar-refractivity contribution in [3.63, 3.8) is 0 Å². The average molecular weight is 168 g/mol. The van der Waals surface area contributed by atoms with Crippen LogP contribution in [0.25, 0.3) is 0 Å². The maximum absolute atomic E-state index is 9.72. The lowest BCUT2D eigenvalue weighted by Gasteiger charge is -1.97. The molecule has 0 rings (SSSR count). The van der Waals surface area contributed by atoms with E-state index in [9.17, 15) is 9.59 Å². The third-order valence-corrected chi connectivity index (χ3v) is 0.653. The monoisotopic (exact) mass is 168 g/mol. The minimum atomic E-state index is -1.79. The number of carboxylic acids is 2. The third kappa shape index (κ3) is 8.82. The van der Waals surface area contributed by atoms with Crippen molar-refractivity contribution in [2.75, 3.05) is 0 Å². The molecule has 68 valence electrons. The second kappa shape index (κ2) is 6.93. The SMILES string of the molecule is N.N.O=C(O)C[C@H](O)C(=O)O. The first-order chi connectivity index (χ1) is 4.04. The van der Waals surface area contributed by atoms with E-state index in [2.05, 4.69) is 0 Å². The van der Waals surface area contributed by atoms with Crippen LogP contribution in [0.15, 0.2) is 0 Å². The van der Waals surface area contributed by atoms with Crippen molar-refractivity contribution in [3.8, 4) is 0 Å². The first-order valence-electron chi connectivity index (χ1n) is 2.16. The summed E-state index contributed by atoms with van der Waals surface area (Å²) in [6.07, 6.45) is -2.54. The number of hydrogen-bond donors (Lipinski definition) is 5. The lowest BCUT2D eigenvalue weighted by Crippen LogP contribution is -2.22. The summed E-state index contributed by atoms with van der Waals surface area (Å²) in [5, 5.41) is 24.1. The summed E-state index contributed by atoms with van der Waals surface area (Å²) in [4.78, 5) is 19.4. The molecule has 0 aliphatic carbocycles. The highest BCUT2D eigenvalue weighted by Crippen LogP contribution is 1.89. The molecule has 0 aromatic rings. The van der Waals surface area contributed by atoms with E-state index in [1.807, 2.05) is 0 Å². The summed E-state index contributed by atoms with van der Waals surface area (Å²) in [6.45, 7) is 0. The van der Waals surface area contributed by atoms with Gasteiger partial charge in [0.2, 0.25) is 0 Å². The van der Waals surface area contributed by atoms with Gasteiger partial charge in [0.1, 0.15) is 0 Å². The Morgan fingerprint density at radius 3 is 1.64 bits per heavy atom. The fourth-order valence-electron chi connectivity index (χ4n) is 0.253. The molecule has 0 saturated carbocycles. The van der Waals surface area contributed by atoms with Crippen molar-refractivity contribution >= 4 is 11.9 Å². The summed E-state index contributed by atoms with van der Waals surface area (Å²) in [5.74, 6) is -2.85. The lowest BCUT2D eigenvalue weighted by molar-refractivity contribution is -0.152. The second-order valence-electron chi connectivity index (χ2n) is 1.45. The largest absolute Gasteiger partial charge is 0.481 e. The molecular formula is C4H12N2O5. The van der Waals surface area contributed by atoms with Gasteiger partial charge in [-0.25, -0.2) is 4.79 Å². The second-order valence-corrected chi connectivity index (χ2v) is 1.45. The van der Waals surface area contributed by atoms with Crippen molar-refractivity contribution < 1.29 is 24.9 Å². The Morgan fingerprint density at radius 1 is 1.18 bits per heavy atom. The van der Waals surface area contributed by atoms with Gasteiger partial charge in [0, 0.05) is 0 Å². The molecule has 0 fully saturated rings. The first-order valence-corrected chi connectivity index (χ1v) is 2.16. The molecule has 0 aliphatic rings. The van der Waals surface area contributed by atoms with Crippen molar-refractivity contribution in [3.05, 3.63) is 0 Å². The molecule has 0 bridgehead atoms. The summed E-state index contributed by atoms with van der Waals surface area (Å²) < 4.78 is 0. The summed E-state index contributed by atoms with van der Waals surface area (Å²) in [5.41, 5.74) is 0. The van der Waals surface area contributed by atoms with Crippen LogP contribution in [0.2, 0.25) is 0 Å². The van der Waals surface area contributed by atoms with Crippen LogP contribution in [-0.4, -0.2) is 33.4 Å². The van der Waals surface area contributed by atoms with E-state index in [4.69, 9.17) is 15.3 Å². The van der Waals surface area contributed by atoms with Crippen LogP contribution < -0.4 is 12.3 Å². The van der Waals surface area contributed by atoms with Crippen molar-refractivity contribution in [2.45, 2.75) is 12.5 Å². The number of rotatable bonds is 3. The smallest absolute Gasteiger partial charge is 0.333 e. The minimum Gasteiger partial charge on any atom is -0.481 e. The van der Waals surface area contributed by atoms with Gasteiger partial charge in [-0.1, -0.05) is 0 Å². The molecule has 0 spiro atoms. The molecule has 11 heavy (non-hydrogen) atoms. The summed E-state index contributed by atoms with van der Waals surface area (Å²) in [7, 11) is 0. The fourth-order valence-corrected chi connectivity index (χ4v) is 0.253. The lowest BCUT2D eigenvalue weighted by atomic mass is 10.3. The van der Waals surface area contributed by atoms with Gasteiger partial charge in [-0.15, -0.1) is 0 Å². The number of hydrogen-bond acceptors (Lipinski definition) is 5. The Kier molecular flexibility index (Phi) is 10.4. The maximum atomic E-state index is 9.72. The van der Waals surface area contributed by atoms with E-state index in [0.717, 1.165) is 0 Å². The van der Waals surface area contributed by atoms with E-state index in [0.29, 0.717) is 0 Å². The molecule has 0 heterocycles. The van der Waals surface area contributed by atoms with E-state index in [1.165, 1.54) is 0 Å². The number of aliphatic carboxylic acids is 2. The molecule has 0 radical (unpaired) electrons. The van der Waals surface area contributed by atoms with E-state index in [-0.39, 0.29) is 12.3 Å². The summed E-state index contributed by atoms with van der Waals surface area (Å²) in [6, 6.07) is 0. The average Bonchev–Trinajstić information content (AvgIpc) is 1.63. The van der Waals surface area contributed by atoms with Gasteiger partial charge in [-0.2, -0.15) is 0 Å². The predicted octanol–water partition coefficient (Wildman–Crippen LogP) is -0.769. The van der Waals surface area contributed by atoms with Crippen LogP contribution in [0.3, 0.4) is 0 Å². The zero-order valence-corrected chi connectivity index (χ0v) is 5.86. The molecule has 7 nitrogen and oxygen atoms in total. The van der Waals surface area contributed by atoms with Gasteiger partial charge in [0.25, 0.3) is 0 Å². The highest BCUT2D eigenvalue weighted by atomic mass is 16.4.